The van der Waals surface area contributed by atoms with Crippen LogP contribution in [0.1, 0.15) is 35.4 Å². The second-order valence-corrected chi connectivity index (χ2v) is 7.61. The summed E-state index contributed by atoms with van der Waals surface area (Å²) in [5.41, 5.74) is 8.96. The van der Waals surface area contributed by atoms with Gasteiger partial charge in [-0.3, -0.25) is 0 Å². The van der Waals surface area contributed by atoms with Crippen molar-refractivity contribution in [2.24, 2.45) is 0 Å². The van der Waals surface area contributed by atoms with E-state index in [9.17, 15) is 4.79 Å². The summed E-state index contributed by atoms with van der Waals surface area (Å²) in [7, 11) is 0. The molecule has 0 aliphatic carbocycles. The molecule has 1 atom stereocenters. The van der Waals surface area contributed by atoms with E-state index in [-0.39, 0.29) is 12.1 Å². The maximum atomic E-state index is 12.9. The second-order valence-electron chi connectivity index (χ2n) is 6.61. The summed E-state index contributed by atoms with van der Waals surface area (Å²) in [6.45, 7) is 2.83. The highest BCUT2D eigenvalue weighted by atomic mass is 32.1. The Bertz CT molecular complexity index is 1050. The fourth-order valence-electron chi connectivity index (χ4n) is 3.61. The first-order valence-electron chi connectivity index (χ1n) is 9.10. The van der Waals surface area contributed by atoms with E-state index >= 15 is 0 Å². The van der Waals surface area contributed by atoms with Gasteiger partial charge in [-0.25, -0.2) is 9.48 Å². The molecule has 3 N–H and O–H groups in total. The summed E-state index contributed by atoms with van der Waals surface area (Å²) in [4.78, 5) is 16.2. The van der Waals surface area contributed by atoms with Crippen molar-refractivity contribution in [2.75, 3.05) is 17.6 Å². The zero-order valence-corrected chi connectivity index (χ0v) is 16.2. The molecule has 3 heterocycles. The summed E-state index contributed by atoms with van der Waals surface area (Å²) in [5, 5.41) is 18.2. The Kier molecular flexibility index (Phi) is 4.75. The number of nitrogens with two attached hydrogens (primary N) is 1. The Morgan fingerprint density at radius 1 is 1.39 bits per heavy atom. The van der Waals surface area contributed by atoms with Crippen LogP contribution in [-0.4, -0.2) is 27.3 Å². The van der Waals surface area contributed by atoms with Gasteiger partial charge < -0.3 is 16.0 Å². The first kappa shape index (κ1) is 18.1. The van der Waals surface area contributed by atoms with Gasteiger partial charge in [0.1, 0.15) is 17.5 Å². The molecule has 142 valence electrons. The molecular formula is C20H20N6OS. The molecule has 0 saturated heterocycles. The topological polar surface area (TPSA) is 100.0 Å². The van der Waals surface area contributed by atoms with Crippen LogP contribution < -0.4 is 11.1 Å². The number of anilines is 2. The Labute approximate surface area is 167 Å². The summed E-state index contributed by atoms with van der Waals surface area (Å²) < 4.78 is 1.50. The number of benzene rings is 1. The molecule has 2 aromatic heterocycles. The fourth-order valence-corrected chi connectivity index (χ4v) is 4.54. The highest BCUT2D eigenvalue weighted by molar-refractivity contribution is 7.10. The molecule has 28 heavy (non-hydrogen) atoms. The molecular weight excluding hydrogens is 372 g/mol. The third-order valence-corrected chi connectivity index (χ3v) is 6.03. The number of nitrogens with one attached hydrogen (secondary N) is 1. The van der Waals surface area contributed by atoms with E-state index in [1.165, 1.54) is 21.3 Å². The zero-order valence-electron chi connectivity index (χ0n) is 15.4. The zero-order chi connectivity index (χ0) is 19.7. The number of nitrogen functional groups attached to an aromatic ring is 1. The molecule has 0 radical (unpaired) electrons. The molecule has 0 bridgehead atoms. The van der Waals surface area contributed by atoms with Crippen LogP contribution in [0.25, 0.3) is 5.69 Å². The average molecular weight is 392 g/mol. The highest BCUT2D eigenvalue weighted by Crippen LogP contribution is 2.35. The molecule has 2 amide bonds. The van der Waals surface area contributed by atoms with Crippen molar-refractivity contribution in [3.63, 3.8) is 0 Å². The van der Waals surface area contributed by atoms with E-state index < -0.39 is 0 Å². The Balaban J connectivity index is 1.49. The van der Waals surface area contributed by atoms with E-state index in [4.69, 9.17) is 11.0 Å². The minimum Gasteiger partial charge on any atom is -0.382 e. The van der Waals surface area contributed by atoms with Crippen molar-refractivity contribution in [2.45, 2.75) is 25.8 Å². The number of hydrogen-bond donors (Lipinski definition) is 2. The van der Waals surface area contributed by atoms with Crippen molar-refractivity contribution in [1.82, 2.24) is 14.7 Å². The van der Waals surface area contributed by atoms with Crippen LogP contribution in [0.4, 0.5) is 16.3 Å². The molecule has 0 saturated carbocycles. The lowest BCUT2D eigenvalue weighted by Gasteiger charge is -2.35. The number of nitriles is 1. The quantitative estimate of drug-likeness (QED) is 0.705. The highest BCUT2D eigenvalue weighted by Gasteiger charge is 2.30. The van der Waals surface area contributed by atoms with Gasteiger partial charge in [0.15, 0.2) is 0 Å². The first-order chi connectivity index (χ1) is 13.6. The van der Waals surface area contributed by atoms with E-state index in [2.05, 4.69) is 28.8 Å². The van der Waals surface area contributed by atoms with Gasteiger partial charge in [-0.2, -0.15) is 10.4 Å². The van der Waals surface area contributed by atoms with Gasteiger partial charge in [-0.15, -0.1) is 11.3 Å². The predicted molar refractivity (Wildman–Crippen MR) is 109 cm³/mol. The van der Waals surface area contributed by atoms with Crippen LogP contribution >= 0.6 is 11.3 Å². The van der Waals surface area contributed by atoms with Gasteiger partial charge in [0.05, 0.1) is 17.9 Å². The normalized spacial score (nSPS) is 15.7. The molecule has 1 aliphatic rings. The Morgan fingerprint density at radius 2 is 2.18 bits per heavy atom. The van der Waals surface area contributed by atoms with Crippen molar-refractivity contribution >= 4 is 28.9 Å². The number of urea groups is 1. The van der Waals surface area contributed by atoms with Crippen molar-refractivity contribution in [3.8, 4) is 11.8 Å². The predicted octanol–water partition coefficient (Wildman–Crippen LogP) is 3.93. The monoisotopic (exact) mass is 392 g/mol. The van der Waals surface area contributed by atoms with Crippen LogP contribution in [0.3, 0.4) is 0 Å². The summed E-state index contributed by atoms with van der Waals surface area (Å²) in [6, 6.07) is 11.4. The van der Waals surface area contributed by atoms with Gasteiger partial charge >= 0.3 is 6.03 Å². The van der Waals surface area contributed by atoms with Gasteiger partial charge in [0.25, 0.3) is 0 Å². The maximum Gasteiger partial charge on any atom is 0.322 e. The van der Waals surface area contributed by atoms with Crippen LogP contribution in [0.2, 0.25) is 0 Å². The standard InChI is InChI=1S/C20H20N6OS/c1-2-17-16-8-10-28-18(16)7-9-25(17)20(27)24-14-3-5-15(6-4-14)26-19(22)13(11-21)12-23-26/h3-6,8,10,12,17H,2,7,9,22H2,1H3,(H,24,27)/t17-/m0/s1. The molecule has 0 fully saturated rings. The summed E-state index contributed by atoms with van der Waals surface area (Å²) >= 11 is 1.77. The number of hydrogen-bond acceptors (Lipinski definition) is 5. The number of nitrogens with zero attached hydrogens (tertiary/aromatic N) is 4. The van der Waals surface area contributed by atoms with Crippen LogP contribution in [0.5, 0.6) is 0 Å². The van der Waals surface area contributed by atoms with Crippen LogP contribution in [0.15, 0.2) is 41.9 Å². The van der Waals surface area contributed by atoms with Crippen LogP contribution in [-0.2, 0) is 6.42 Å². The van der Waals surface area contributed by atoms with E-state index in [0.717, 1.165) is 25.1 Å². The van der Waals surface area contributed by atoms with Crippen molar-refractivity contribution < 1.29 is 4.79 Å². The number of rotatable bonds is 3. The summed E-state index contributed by atoms with van der Waals surface area (Å²) in [5.74, 6) is 0.296. The lowest BCUT2D eigenvalue weighted by molar-refractivity contribution is 0.181. The smallest absolute Gasteiger partial charge is 0.322 e. The Hall–Kier alpha value is -3.31. The minimum atomic E-state index is -0.0955. The van der Waals surface area contributed by atoms with E-state index in [1.54, 1.807) is 23.5 Å². The molecule has 1 aliphatic heterocycles. The third kappa shape index (κ3) is 3.10. The minimum absolute atomic E-state index is 0.0955. The van der Waals surface area contributed by atoms with Crippen molar-refractivity contribution in [1.29, 1.82) is 5.26 Å². The number of aromatic nitrogens is 2. The van der Waals surface area contributed by atoms with Crippen molar-refractivity contribution in [3.05, 3.63) is 57.9 Å². The van der Waals surface area contributed by atoms with Crippen LogP contribution in [0, 0.1) is 11.3 Å². The molecule has 8 heteroatoms. The van der Waals surface area contributed by atoms with Gasteiger partial charge in [0, 0.05) is 17.1 Å². The Morgan fingerprint density at radius 3 is 2.86 bits per heavy atom. The maximum absolute atomic E-state index is 12.9. The van der Waals surface area contributed by atoms with Gasteiger partial charge in [-0.05, 0) is 54.1 Å². The average Bonchev–Trinajstić information content (AvgIpc) is 3.34. The number of carbonyl (C=O) groups excluding carboxylic acids is 1. The number of thiophene rings is 1. The lowest BCUT2D eigenvalue weighted by Crippen LogP contribution is -2.41. The molecule has 0 spiro atoms. The number of carbonyl (C=O) groups is 1. The molecule has 3 aromatic rings. The number of fused-ring (bicyclic) bond motifs is 1. The molecule has 7 nitrogen and oxygen atoms in total. The molecule has 0 unspecified atom stereocenters. The SMILES string of the molecule is CC[C@H]1c2ccsc2CCN1C(=O)Nc1ccc(-n2ncc(C#N)c2N)cc1. The van der Waals surface area contributed by atoms with Gasteiger partial charge in [0.2, 0.25) is 0 Å². The second kappa shape index (κ2) is 7.37. The lowest BCUT2D eigenvalue weighted by atomic mass is 9.98. The fraction of sp³-hybridized carbons (Fsp3) is 0.250. The largest absolute Gasteiger partial charge is 0.382 e. The van der Waals surface area contributed by atoms with E-state index in [0.29, 0.717) is 17.1 Å². The first-order valence-corrected chi connectivity index (χ1v) is 9.98. The molecule has 1 aromatic carbocycles. The summed E-state index contributed by atoms with van der Waals surface area (Å²) in [6.07, 6.45) is 3.22. The van der Waals surface area contributed by atoms with Gasteiger partial charge in [-0.1, -0.05) is 6.92 Å². The van der Waals surface area contributed by atoms with E-state index in [1.807, 2.05) is 23.1 Å². The number of amides is 2. The molecule has 4 rings (SSSR count). The third-order valence-electron chi connectivity index (χ3n) is 5.03.